The first-order chi connectivity index (χ1) is 11.3. The Hall–Kier alpha value is -2.48. The lowest BCUT2D eigenvalue weighted by Crippen LogP contribution is -2.36. The molecule has 3 aromatic rings. The molecule has 2 heterocycles. The normalized spacial score (nSPS) is 11.2. The van der Waals surface area contributed by atoms with Crippen molar-refractivity contribution < 1.29 is 0 Å². The molecule has 0 fully saturated rings. The van der Waals surface area contributed by atoms with Gasteiger partial charge in [-0.2, -0.15) is 0 Å². The molecule has 0 unspecified atom stereocenters. The molecule has 2 aromatic heterocycles. The van der Waals surface area contributed by atoms with Crippen molar-refractivity contribution in [1.29, 1.82) is 0 Å². The molecule has 0 atom stereocenters. The molecule has 0 aliphatic carbocycles. The number of aryl methyl sites for hydroxylation is 1. The van der Waals surface area contributed by atoms with Crippen molar-refractivity contribution in [3.05, 3.63) is 71.3 Å². The summed E-state index contributed by atoms with van der Waals surface area (Å²) in [5.74, 6) is 0. The van der Waals surface area contributed by atoms with Crippen LogP contribution in [0.1, 0.15) is 11.1 Å². The van der Waals surface area contributed by atoms with Crippen molar-refractivity contribution in [2.24, 2.45) is 14.1 Å². The molecular weight excluding hydrogens is 376 g/mol. The van der Waals surface area contributed by atoms with Crippen LogP contribution < -0.4 is 16.8 Å². The molecule has 0 aliphatic rings. The molecule has 0 amide bonds. The van der Waals surface area contributed by atoms with Gasteiger partial charge in [-0.15, -0.1) is 0 Å². The lowest BCUT2D eigenvalue weighted by Gasteiger charge is -2.06. The van der Waals surface area contributed by atoms with E-state index in [2.05, 4.69) is 20.9 Å². The predicted octanol–water partition coefficient (Wildman–Crippen LogP) is 0.913. The molecule has 1 aromatic carbocycles. The van der Waals surface area contributed by atoms with Crippen LogP contribution in [-0.2, 0) is 20.6 Å². The van der Waals surface area contributed by atoms with Crippen molar-refractivity contribution >= 4 is 27.0 Å². The minimum atomic E-state index is -0.680. The maximum Gasteiger partial charge on any atom is 0.333 e. The van der Waals surface area contributed by atoms with Crippen molar-refractivity contribution in [1.82, 2.24) is 18.7 Å². The van der Waals surface area contributed by atoms with Crippen LogP contribution in [0.4, 0.5) is 0 Å². The number of hydrogen-bond acceptors (Lipinski definition) is 4. The zero-order chi connectivity index (χ0) is 17.6. The number of halogens is 1. The van der Waals surface area contributed by atoms with Gasteiger partial charge in [-0.1, -0.05) is 29.8 Å². The smallest absolute Gasteiger partial charge is 0.309 e. The molecule has 0 spiro atoms. The highest BCUT2D eigenvalue weighted by Gasteiger charge is 2.18. The third-order valence-electron chi connectivity index (χ3n) is 3.97. The van der Waals surface area contributed by atoms with Crippen molar-refractivity contribution in [3.8, 4) is 0 Å². The highest BCUT2D eigenvalue weighted by Crippen LogP contribution is 2.17. The summed E-state index contributed by atoms with van der Waals surface area (Å²) in [5.41, 5.74) is 0.315. The fourth-order valence-electron chi connectivity index (χ4n) is 2.53. The second kappa shape index (κ2) is 5.86. The van der Waals surface area contributed by atoms with Crippen LogP contribution in [0, 0.1) is 6.92 Å². The molecule has 3 rings (SSSR count). The van der Waals surface area contributed by atoms with E-state index in [4.69, 9.17) is 0 Å². The SMILES string of the molecule is Cc1ccc(Cn2c(Br)nc3c(=O)n(C)c(=O)n(C)c(=O)c32)cc1. The lowest BCUT2D eigenvalue weighted by molar-refractivity contribution is 0.693. The van der Waals surface area contributed by atoms with Gasteiger partial charge in [-0.3, -0.25) is 18.7 Å². The topological polar surface area (TPSA) is 78.9 Å². The molecule has 0 N–H and O–H groups in total. The van der Waals surface area contributed by atoms with Gasteiger partial charge in [0, 0.05) is 14.1 Å². The number of hydrogen-bond donors (Lipinski definition) is 0. The molecule has 0 aliphatic heterocycles. The van der Waals surface area contributed by atoms with Crippen LogP contribution >= 0.6 is 15.9 Å². The van der Waals surface area contributed by atoms with E-state index >= 15 is 0 Å². The Morgan fingerprint density at radius 1 is 1.00 bits per heavy atom. The molecule has 0 saturated heterocycles. The fraction of sp³-hybridized carbons (Fsp3) is 0.250. The average Bonchev–Trinajstić information content (AvgIpc) is 2.87. The van der Waals surface area contributed by atoms with Crippen molar-refractivity contribution in [3.63, 3.8) is 0 Å². The van der Waals surface area contributed by atoms with Gasteiger partial charge in [0.1, 0.15) is 5.52 Å². The second-order valence-corrected chi connectivity index (χ2v) is 6.37. The summed E-state index contributed by atoms with van der Waals surface area (Å²) in [5, 5.41) is 0. The fourth-order valence-corrected chi connectivity index (χ4v) is 3.01. The Kier molecular flexibility index (Phi) is 4.00. The molecular formula is C16H15BrN4O3. The van der Waals surface area contributed by atoms with E-state index in [9.17, 15) is 14.4 Å². The number of aromatic nitrogens is 4. The second-order valence-electron chi connectivity index (χ2n) is 5.66. The molecule has 0 radical (unpaired) electrons. The van der Waals surface area contributed by atoms with Crippen molar-refractivity contribution in [2.75, 3.05) is 0 Å². The summed E-state index contributed by atoms with van der Waals surface area (Å²) in [6.45, 7) is 2.34. The predicted molar refractivity (Wildman–Crippen MR) is 94.5 cm³/mol. The first-order valence-electron chi connectivity index (χ1n) is 7.23. The van der Waals surface area contributed by atoms with Gasteiger partial charge in [0.25, 0.3) is 11.1 Å². The van der Waals surface area contributed by atoms with Crippen LogP contribution in [0.25, 0.3) is 11.0 Å². The van der Waals surface area contributed by atoms with Gasteiger partial charge < -0.3 is 4.57 Å². The molecule has 7 nitrogen and oxygen atoms in total. The first-order valence-corrected chi connectivity index (χ1v) is 8.02. The van der Waals surface area contributed by atoms with Crippen molar-refractivity contribution in [2.45, 2.75) is 13.5 Å². The van der Waals surface area contributed by atoms with Gasteiger partial charge in [0.05, 0.1) is 6.54 Å². The highest BCUT2D eigenvalue weighted by molar-refractivity contribution is 9.10. The zero-order valence-corrected chi connectivity index (χ0v) is 15.0. The number of nitrogens with zero attached hydrogens (tertiary/aromatic N) is 4. The summed E-state index contributed by atoms with van der Waals surface area (Å²) in [4.78, 5) is 41.3. The summed E-state index contributed by atoms with van der Waals surface area (Å²) >= 11 is 3.31. The average molecular weight is 391 g/mol. The first kappa shape index (κ1) is 16.4. The Bertz CT molecular complexity index is 1120. The third kappa shape index (κ3) is 2.52. The van der Waals surface area contributed by atoms with E-state index < -0.39 is 16.8 Å². The summed E-state index contributed by atoms with van der Waals surface area (Å²) < 4.78 is 3.78. The largest absolute Gasteiger partial charge is 0.333 e. The highest BCUT2D eigenvalue weighted by atomic mass is 79.9. The number of benzene rings is 1. The maximum absolute atomic E-state index is 12.7. The number of imidazole rings is 1. The quantitative estimate of drug-likeness (QED) is 0.651. The van der Waals surface area contributed by atoms with E-state index in [1.807, 2.05) is 31.2 Å². The van der Waals surface area contributed by atoms with Gasteiger partial charge in [-0.05, 0) is 28.4 Å². The minimum Gasteiger partial charge on any atom is -0.309 e. The molecule has 8 heteroatoms. The minimum absolute atomic E-state index is 0.0285. The number of rotatable bonds is 2. The van der Waals surface area contributed by atoms with Gasteiger partial charge in [-0.25, -0.2) is 9.78 Å². The van der Waals surface area contributed by atoms with Gasteiger partial charge in [0.15, 0.2) is 10.3 Å². The third-order valence-corrected chi connectivity index (χ3v) is 4.58. The molecule has 0 bridgehead atoms. The summed E-state index contributed by atoms with van der Waals surface area (Å²) in [6, 6.07) is 7.82. The van der Waals surface area contributed by atoms with E-state index in [1.165, 1.54) is 14.1 Å². The standard InChI is InChI=1S/C16H15BrN4O3/c1-9-4-6-10(7-5-9)8-21-12-11(18-15(21)17)13(22)19(2)16(24)20(3)14(12)23/h4-7H,8H2,1-3H3. The summed E-state index contributed by atoms with van der Waals surface area (Å²) in [6.07, 6.45) is 0. The van der Waals surface area contributed by atoms with Crippen LogP contribution in [0.3, 0.4) is 0 Å². The molecule has 24 heavy (non-hydrogen) atoms. The Balaban J connectivity index is 2.38. The van der Waals surface area contributed by atoms with Gasteiger partial charge in [0.2, 0.25) is 0 Å². The van der Waals surface area contributed by atoms with Gasteiger partial charge >= 0.3 is 5.69 Å². The zero-order valence-electron chi connectivity index (χ0n) is 13.4. The molecule has 0 saturated carbocycles. The molecule has 124 valence electrons. The maximum atomic E-state index is 12.7. The van der Waals surface area contributed by atoms with E-state index in [0.29, 0.717) is 11.3 Å². The Morgan fingerprint density at radius 2 is 1.58 bits per heavy atom. The Labute approximate surface area is 144 Å². The van der Waals surface area contributed by atoms with Crippen LogP contribution in [0.15, 0.2) is 43.4 Å². The monoisotopic (exact) mass is 390 g/mol. The van der Waals surface area contributed by atoms with Crippen LogP contribution in [-0.4, -0.2) is 18.7 Å². The van der Waals surface area contributed by atoms with Crippen LogP contribution in [0.5, 0.6) is 0 Å². The van der Waals surface area contributed by atoms with E-state index in [0.717, 1.165) is 20.3 Å². The summed E-state index contributed by atoms with van der Waals surface area (Å²) in [7, 11) is 2.68. The van der Waals surface area contributed by atoms with E-state index in [1.54, 1.807) is 4.57 Å². The Morgan fingerprint density at radius 3 is 2.21 bits per heavy atom. The van der Waals surface area contributed by atoms with E-state index in [-0.39, 0.29) is 11.0 Å². The lowest BCUT2D eigenvalue weighted by atomic mass is 10.1. The van der Waals surface area contributed by atoms with Crippen LogP contribution in [0.2, 0.25) is 0 Å². The number of fused-ring (bicyclic) bond motifs is 1.